The number of hydrogen-bond acceptors (Lipinski definition) is 3. The zero-order valence-corrected chi connectivity index (χ0v) is 14.1. The van der Waals surface area contributed by atoms with Crippen LogP contribution in [0.1, 0.15) is 24.3 Å². The van der Waals surface area contributed by atoms with Crippen LogP contribution < -0.4 is 0 Å². The fraction of sp³-hybridized carbons (Fsp3) is 0.389. The largest absolute Gasteiger partial charge is 0.367 e. The highest BCUT2D eigenvalue weighted by molar-refractivity contribution is 6.30. The molecule has 0 saturated carbocycles. The normalized spacial score (nSPS) is 14.0. The highest BCUT2D eigenvalue weighted by atomic mass is 35.5. The molecular weight excluding hydrogens is 296 g/mol. The standard InChI is InChI=1S/C18H23ClN2O/c1-14(12-21(2)3)13-22-18(17-6-4-5-11-20-17)15-7-9-16(19)10-8-15/h4-11,14,18H,12-13H2,1-3H3/t14-,18+/m0/s1. The fourth-order valence-corrected chi connectivity index (χ4v) is 2.58. The molecule has 1 aromatic carbocycles. The van der Waals surface area contributed by atoms with Gasteiger partial charge in [0.15, 0.2) is 0 Å². The van der Waals surface area contributed by atoms with Crippen LogP contribution in [0.15, 0.2) is 48.7 Å². The Hall–Kier alpha value is -1.42. The zero-order valence-electron chi connectivity index (χ0n) is 13.4. The average molecular weight is 319 g/mol. The summed E-state index contributed by atoms with van der Waals surface area (Å²) in [4.78, 5) is 6.62. The number of ether oxygens (including phenoxy) is 1. The number of aromatic nitrogens is 1. The minimum absolute atomic E-state index is 0.164. The third-order valence-electron chi connectivity index (χ3n) is 3.35. The Bertz CT molecular complexity index is 557. The van der Waals surface area contributed by atoms with Crippen molar-refractivity contribution in [3.05, 3.63) is 64.9 Å². The first-order valence-electron chi connectivity index (χ1n) is 7.49. The molecule has 0 fully saturated rings. The molecule has 4 heteroatoms. The first-order valence-corrected chi connectivity index (χ1v) is 7.87. The van der Waals surface area contributed by atoms with E-state index in [-0.39, 0.29) is 6.10 Å². The number of benzene rings is 1. The molecule has 2 atom stereocenters. The monoisotopic (exact) mass is 318 g/mol. The van der Waals surface area contributed by atoms with Crippen LogP contribution in [0.25, 0.3) is 0 Å². The molecule has 0 aliphatic carbocycles. The maximum absolute atomic E-state index is 6.18. The van der Waals surface area contributed by atoms with Crippen LogP contribution in [0.2, 0.25) is 5.02 Å². The summed E-state index contributed by atoms with van der Waals surface area (Å²) in [5.74, 6) is 0.452. The van der Waals surface area contributed by atoms with Crippen molar-refractivity contribution in [3.8, 4) is 0 Å². The van der Waals surface area contributed by atoms with Gasteiger partial charge < -0.3 is 9.64 Å². The van der Waals surface area contributed by atoms with Crippen LogP contribution in [-0.4, -0.2) is 37.1 Å². The highest BCUT2D eigenvalue weighted by Gasteiger charge is 2.17. The van der Waals surface area contributed by atoms with Crippen molar-refractivity contribution in [1.82, 2.24) is 9.88 Å². The summed E-state index contributed by atoms with van der Waals surface area (Å²) < 4.78 is 6.18. The van der Waals surface area contributed by atoms with Crippen LogP contribution in [-0.2, 0) is 4.74 Å². The van der Waals surface area contributed by atoms with E-state index < -0.39 is 0 Å². The molecule has 0 N–H and O–H groups in total. The van der Waals surface area contributed by atoms with E-state index in [0.717, 1.165) is 22.8 Å². The van der Waals surface area contributed by atoms with Gasteiger partial charge in [-0.25, -0.2) is 0 Å². The summed E-state index contributed by atoms with van der Waals surface area (Å²) in [5.41, 5.74) is 1.99. The third kappa shape index (κ3) is 5.09. The third-order valence-corrected chi connectivity index (χ3v) is 3.61. The van der Waals surface area contributed by atoms with Crippen LogP contribution in [0.4, 0.5) is 0 Å². The van der Waals surface area contributed by atoms with Crippen molar-refractivity contribution in [2.75, 3.05) is 27.2 Å². The van der Waals surface area contributed by atoms with Gasteiger partial charge in [0, 0.05) is 17.8 Å². The van der Waals surface area contributed by atoms with E-state index in [2.05, 4.69) is 30.9 Å². The van der Waals surface area contributed by atoms with E-state index in [0.29, 0.717) is 12.5 Å². The van der Waals surface area contributed by atoms with Gasteiger partial charge in [-0.1, -0.05) is 36.7 Å². The van der Waals surface area contributed by atoms with Crippen molar-refractivity contribution >= 4 is 11.6 Å². The summed E-state index contributed by atoms with van der Waals surface area (Å²) in [5, 5.41) is 0.726. The number of rotatable bonds is 7. The average Bonchev–Trinajstić information content (AvgIpc) is 2.49. The van der Waals surface area contributed by atoms with Crippen molar-refractivity contribution in [1.29, 1.82) is 0 Å². The number of halogens is 1. The highest BCUT2D eigenvalue weighted by Crippen LogP contribution is 2.26. The second-order valence-corrected chi connectivity index (χ2v) is 6.32. The Morgan fingerprint density at radius 1 is 1.14 bits per heavy atom. The second-order valence-electron chi connectivity index (χ2n) is 5.89. The lowest BCUT2D eigenvalue weighted by atomic mass is 10.1. The lowest BCUT2D eigenvalue weighted by Gasteiger charge is -2.22. The first-order chi connectivity index (χ1) is 10.6. The quantitative estimate of drug-likeness (QED) is 0.770. The Morgan fingerprint density at radius 2 is 1.86 bits per heavy atom. The van der Waals surface area contributed by atoms with Crippen LogP contribution in [0.5, 0.6) is 0 Å². The molecule has 3 nitrogen and oxygen atoms in total. The molecule has 0 spiro atoms. The van der Waals surface area contributed by atoms with Crippen molar-refractivity contribution in [2.24, 2.45) is 5.92 Å². The Kier molecular flexibility index (Phi) is 6.37. The molecule has 2 rings (SSSR count). The Balaban J connectivity index is 2.14. The van der Waals surface area contributed by atoms with Gasteiger partial charge in [0.25, 0.3) is 0 Å². The van der Waals surface area contributed by atoms with E-state index in [1.54, 1.807) is 6.20 Å². The fourth-order valence-electron chi connectivity index (χ4n) is 2.46. The Morgan fingerprint density at radius 3 is 2.45 bits per heavy atom. The van der Waals surface area contributed by atoms with E-state index in [1.807, 2.05) is 42.5 Å². The molecule has 0 unspecified atom stereocenters. The van der Waals surface area contributed by atoms with E-state index in [9.17, 15) is 0 Å². The zero-order chi connectivity index (χ0) is 15.9. The van der Waals surface area contributed by atoms with Crippen molar-refractivity contribution < 1.29 is 4.74 Å². The first kappa shape index (κ1) is 16.9. The van der Waals surface area contributed by atoms with Gasteiger partial charge in [0.1, 0.15) is 6.10 Å². The van der Waals surface area contributed by atoms with Gasteiger partial charge in [-0.2, -0.15) is 0 Å². The van der Waals surface area contributed by atoms with Gasteiger partial charge in [0.2, 0.25) is 0 Å². The second kappa shape index (κ2) is 8.28. The summed E-state index contributed by atoms with van der Waals surface area (Å²) >= 11 is 5.99. The minimum atomic E-state index is -0.164. The summed E-state index contributed by atoms with van der Waals surface area (Å²) in [6, 6.07) is 13.7. The number of nitrogens with zero attached hydrogens (tertiary/aromatic N) is 2. The lowest BCUT2D eigenvalue weighted by Crippen LogP contribution is -2.24. The Labute approximate surface area is 137 Å². The van der Waals surface area contributed by atoms with Gasteiger partial charge >= 0.3 is 0 Å². The molecule has 0 saturated heterocycles. The van der Waals surface area contributed by atoms with E-state index >= 15 is 0 Å². The summed E-state index contributed by atoms with van der Waals surface area (Å²) in [6.45, 7) is 3.87. The lowest BCUT2D eigenvalue weighted by molar-refractivity contribution is 0.0475. The van der Waals surface area contributed by atoms with Crippen LogP contribution in [0, 0.1) is 5.92 Å². The number of hydrogen-bond donors (Lipinski definition) is 0. The van der Waals surface area contributed by atoms with Crippen LogP contribution in [0.3, 0.4) is 0 Å². The molecule has 22 heavy (non-hydrogen) atoms. The van der Waals surface area contributed by atoms with Gasteiger partial charge in [-0.3, -0.25) is 4.98 Å². The van der Waals surface area contributed by atoms with E-state index in [1.165, 1.54) is 0 Å². The van der Waals surface area contributed by atoms with Crippen molar-refractivity contribution in [3.63, 3.8) is 0 Å². The molecule has 0 radical (unpaired) electrons. The topological polar surface area (TPSA) is 25.4 Å². The molecular formula is C18H23ClN2O. The molecule has 118 valence electrons. The van der Waals surface area contributed by atoms with Gasteiger partial charge in [-0.15, -0.1) is 0 Å². The minimum Gasteiger partial charge on any atom is -0.367 e. The molecule has 2 aromatic rings. The van der Waals surface area contributed by atoms with Gasteiger partial charge in [-0.05, 0) is 49.8 Å². The van der Waals surface area contributed by atoms with Crippen molar-refractivity contribution in [2.45, 2.75) is 13.0 Å². The SMILES string of the molecule is C[C@H](CO[C@H](c1ccc(Cl)cc1)c1ccccn1)CN(C)C. The molecule has 1 aromatic heterocycles. The maximum atomic E-state index is 6.18. The number of pyridine rings is 1. The summed E-state index contributed by atoms with van der Waals surface area (Å²) in [6.07, 6.45) is 1.63. The maximum Gasteiger partial charge on any atom is 0.124 e. The molecule has 1 heterocycles. The smallest absolute Gasteiger partial charge is 0.124 e. The molecule has 0 amide bonds. The predicted molar refractivity (Wildman–Crippen MR) is 91.2 cm³/mol. The molecule has 0 aliphatic rings. The summed E-state index contributed by atoms with van der Waals surface area (Å²) in [7, 11) is 4.15. The van der Waals surface area contributed by atoms with E-state index in [4.69, 9.17) is 16.3 Å². The predicted octanol–water partition coefficient (Wildman–Crippen LogP) is 4.04. The van der Waals surface area contributed by atoms with Gasteiger partial charge in [0.05, 0.1) is 12.3 Å². The van der Waals surface area contributed by atoms with Crippen LogP contribution >= 0.6 is 11.6 Å². The molecule has 0 bridgehead atoms. The molecule has 0 aliphatic heterocycles.